The first-order valence-corrected chi connectivity index (χ1v) is 5.63. The predicted molar refractivity (Wildman–Crippen MR) is 63.1 cm³/mol. The fourth-order valence-corrected chi connectivity index (χ4v) is 1.90. The van der Waals surface area contributed by atoms with Crippen LogP contribution in [0.4, 0.5) is 4.39 Å². The van der Waals surface area contributed by atoms with Gasteiger partial charge in [-0.05, 0) is 48.7 Å². The zero-order chi connectivity index (χ0) is 12.3. The van der Waals surface area contributed by atoms with Crippen molar-refractivity contribution in [3.8, 4) is 0 Å². The van der Waals surface area contributed by atoms with Gasteiger partial charge in [0.15, 0.2) is 0 Å². The van der Waals surface area contributed by atoms with Crippen LogP contribution in [0.1, 0.15) is 29.4 Å². The molecule has 1 atom stereocenters. The number of aliphatic hydroxyl groups is 1. The van der Waals surface area contributed by atoms with E-state index in [0.29, 0.717) is 12.8 Å². The van der Waals surface area contributed by atoms with Crippen LogP contribution in [0.5, 0.6) is 0 Å². The highest BCUT2D eigenvalue weighted by atomic mass is 19.1. The van der Waals surface area contributed by atoms with E-state index in [2.05, 4.69) is 0 Å². The predicted octanol–water partition coefficient (Wildman–Crippen LogP) is 3.39. The van der Waals surface area contributed by atoms with Crippen molar-refractivity contribution in [1.82, 2.24) is 0 Å². The molecule has 1 aromatic heterocycles. The van der Waals surface area contributed by atoms with Gasteiger partial charge in [-0.3, -0.25) is 0 Å². The van der Waals surface area contributed by atoms with Crippen molar-refractivity contribution in [2.75, 3.05) is 0 Å². The number of rotatable bonds is 4. The van der Waals surface area contributed by atoms with Gasteiger partial charge in [0.2, 0.25) is 0 Å². The molecule has 17 heavy (non-hydrogen) atoms. The van der Waals surface area contributed by atoms with Crippen LogP contribution in [0.3, 0.4) is 0 Å². The Morgan fingerprint density at radius 1 is 1.35 bits per heavy atom. The Labute approximate surface area is 99.7 Å². The molecule has 1 aromatic carbocycles. The van der Waals surface area contributed by atoms with Crippen LogP contribution in [0.2, 0.25) is 0 Å². The average Bonchev–Trinajstić information content (AvgIpc) is 2.78. The fraction of sp³-hybridized carbons (Fsp3) is 0.286. The third-order valence-corrected chi connectivity index (χ3v) is 2.84. The zero-order valence-electron chi connectivity index (χ0n) is 9.69. The summed E-state index contributed by atoms with van der Waals surface area (Å²) in [6.07, 6.45) is 2.27. The van der Waals surface area contributed by atoms with Crippen molar-refractivity contribution in [3.63, 3.8) is 0 Å². The van der Waals surface area contributed by atoms with Gasteiger partial charge >= 0.3 is 0 Å². The molecule has 0 saturated heterocycles. The van der Waals surface area contributed by atoms with Crippen molar-refractivity contribution in [1.29, 1.82) is 0 Å². The molecule has 0 aliphatic carbocycles. The lowest BCUT2D eigenvalue weighted by atomic mass is 9.99. The van der Waals surface area contributed by atoms with E-state index in [0.717, 1.165) is 16.9 Å². The maximum absolute atomic E-state index is 12.9. The minimum atomic E-state index is -0.583. The smallest absolute Gasteiger partial charge is 0.123 e. The van der Waals surface area contributed by atoms with E-state index < -0.39 is 6.10 Å². The monoisotopic (exact) mass is 234 g/mol. The van der Waals surface area contributed by atoms with E-state index in [1.54, 1.807) is 19.3 Å². The Morgan fingerprint density at radius 3 is 2.82 bits per heavy atom. The van der Waals surface area contributed by atoms with E-state index >= 15 is 0 Å². The first-order valence-electron chi connectivity index (χ1n) is 5.63. The van der Waals surface area contributed by atoms with Crippen LogP contribution in [-0.2, 0) is 6.42 Å². The van der Waals surface area contributed by atoms with Crippen molar-refractivity contribution in [2.45, 2.75) is 25.9 Å². The SMILES string of the molecule is Cc1cc(F)ccc1C(O)CCc1ccco1. The Bertz CT molecular complexity index is 477. The summed E-state index contributed by atoms with van der Waals surface area (Å²) in [5, 5.41) is 10.0. The van der Waals surface area contributed by atoms with Gasteiger partial charge in [0.1, 0.15) is 11.6 Å². The first kappa shape index (κ1) is 11.9. The molecule has 2 aromatic rings. The molecule has 0 aliphatic heterocycles. The highest BCUT2D eigenvalue weighted by Gasteiger charge is 2.11. The molecule has 3 heteroatoms. The van der Waals surface area contributed by atoms with Crippen LogP contribution in [-0.4, -0.2) is 5.11 Å². The van der Waals surface area contributed by atoms with Gasteiger partial charge in [0.05, 0.1) is 12.4 Å². The molecule has 2 rings (SSSR count). The van der Waals surface area contributed by atoms with Crippen LogP contribution in [0.25, 0.3) is 0 Å². The Balaban J connectivity index is 2.01. The molecule has 1 unspecified atom stereocenters. The third-order valence-electron chi connectivity index (χ3n) is 2.84. The number of benzene rings is 1. The van der Waals surface area contributed by atoms with Gasteiger partial charge in [0, 0.05) is 6.42 Å². The summed E-state index contributed by atoms with van der Waals surface area (Å²) in [6, 6.07) is 8.15. The largest absolute Gasteiger partial charge is 0.469 e. The summed E-state index contributed by atoms with van der Waals surface area (Å²) >= 11 is 0. The summed E-state index contributed by atoms with van der Waals surface area (Å²) in [5.41, 5.74) is 1.55. The summed E-state index contributed by atoms with van der Waals surface area (Å²) < 4.78 is 18.1. The normalized spacial score (nSPS) is 12.6. The van der Waals surface area contributed by atoms with Crippen molar-refractivity contribution < 1.29 is 13.9 Å². The van der Waals surface area contributed by atoms with E-state index in [4.69, 9.17) is 4.42 Å². The molecule has 1 N–H and O–H groups in total. The van der Waals surface area contributed by atoms with E-state index in [1.807, 2.05) is 12.1 Å². The Hall–Kier alpha value is -1.61. The molecule has 0 saturated carbocycles. The standard InChI is InChI=1S/C14H15FO2/c1-10-9-11(15)4-6-13(10)14(16)7-5-12-3-2-8-17-12/h2-4,6,8-9,14,16H,5,7H2,1H3. The number of halogens is 1. The molecule has 0 bridgehead atoms. The number of hydrogen-bond donors (Lipinski definition) is 1. The number of hydrogen-bond acceptors (Lipinski definition) is 2. The van der Waals surface area contributed by atoms with E-state index in [9.17, 15) is 9.50 Å². The minimum Gasteiger partial charge on any atom is -0.469 e. The van der Waals surface area contributed by atoms with Crippen molar-refractivity contribution >= 4 is 0 Å². The lowest BCUT2D eigenvalue weighted by Gasteiger charge is -2.13. The van der Waals surface area contributed by atoms with E-state index in [-0.39, 0.29) is 5.82 Å². The third kappa shape index (κ3) is 2.94. The van der Waals surface area contributed by atoms with Crippen LogP contribution in [0, 0.1) is 12.7 Å². The lowest BCUT2D eigenvalue weighted by molar-refractivity contribution is 0.164. The van der Waals surface area contributed by atoms with Crippen molar-refractivity contribution in [3.05, 3.63) is 59.3 Å². The second-order valence-electron chi connectivity index (χ2n) is 4.13. The summed E-state index contributed by atoms with van der Waals surface area (Å²) in [6.45, 7) is 1.80. The minimum absolute atomic E-state index is 0.274. The molecular weight excluding hydrogens is 219 g/mol. The molecule has 90 valence electrons. The summed E-state index contributed by atoms with van der Waals surface area (Å²) in [5.74, 6) is 0.577. The second kappa shape index (κ2) is 5.15. The quantitative estimate of drug-likeness (QED) is 0.879. The maximum Gasteiger partial charge on any atom is 0.123 e. The molecular formula is C14H15FO2. The van der Waals surface area contributed by atoms with Gasteiger partial charge in [-0.15, -0.1) is 0 Å². The zero-order valence-corrected chi connectivity index (χ0v) is 9.69. The van der Waals surface area contributed by atoms with Gasteiger partial charge in [0.25, 0.3) is 0 Å². The molecule has 2 nitrogen and oxygen atoms in total. The van der Waals surface area contributed by atoms with E-state index in [1.165, 1.54) is 12.1 Å². The molecule has 0 radical (unpaired) electrons. The van der Waals surface area contributed by atoms with Crippen LogP contribution in [0.15, 0.2) is 41.0 Å². The average molecular weight is 234 g/mol. The van der Waals surface area contributed by atoms with Gasteiger partial charge < -0.3 is 9.52 Å². The highest BCUT2D eigenvalue weighted by Crippen LogP contribution is 2.23. The molecule has 0 aliphatic rings. The summed E-state index contributed by atoms with van der Waals surface area (Å²) in [4.78, 5) is 0. The topological polar surface area (TPSA) is 33.4 Å². The number of aliphatic hydroxyl groups excluding tert-OH is 1. The lowest BCUT2D eigenvalue weighted by Crippen LogP contribution is -2.02. The molecule has 0 spiro atoms. The fourth-order valence-electron chi connectivity index (χ4n) is 1.90. The number of furan rings is 1. The maximum atomic E-state index is 12.9. The van der Waals surface area contributed by atoms with Gasteiger partial charge in [-0.25, -0.2) is 4.39 Å². The molecule has 0 amide bonds. The second-order valence-corrected chi connectivity index (χ2v) is 4.13. The summed E-state index contributed by atoms with van der Waals surface area (Å²) in [7, 11) is 0. The Morgan fingerprint density at radius 2 is 2.18 bits per heavy atom. The van der Waals surface area contributed by atoms with Gasteiger partial charge in [-0.2, -0.15) is 0 Å². The van der Waals surface area contributed by atoms with Gasteiger partial charge in [-0.1, -0.05) is 6.07 Å². The van der Waals surface area contributed by atoms with Crippen molar-refractivity contribution in [2.24, 2.45) is 0 Å². The molecule has 1 heterocycles. The first-order chi connectivity index (χ1) is 8.16. The number of aryl methyl sites for hydroxylation is 2. The molecule has 0 fully saturated rings. The van der Waals surface area contributed by atoms with Crippen LogP contribution < -0.4 is 0 Å². The van der Waals surface area contributed by atoms with Crippen LogP contribution >= 0.6 is 0 Å². The Kier molecular flexibility index (Phi) is 3.59. The highest BCUT2D eigenvalue weighted by molar-refractivity contribution is 5.28.